The lowest BCUT2D eigenvalue weighted by Crippen LogP contribution is -2.65. The standard InChI is InChI=1S/C15H19NO7/c1-8(19)16-12-14(21)13(20)11(7-18)23-15(12)22-10-5-3-2-4-9(10)6-17/h2-6,11-15,18,20-21H,7H2,1H3,(H,16,19)/t11-,12-,13+,14-,15+/m1/s1. The summed E-state index contributed by atoms with van der Waals surface area (Å²) in [5, 5.41) is 31.7. The van der Waals surface area contributed by atoms with Crippen LogP contribution in [0.1, 0.15) is 17.3 Å². The van der Waals surface area contributed by atoms with E-state index >= 15 is 0 Å². The minimum absolute atomic E-state index is 0.197. The first-order chi connectivity index (χ1) is 11.0. The Bertz CT molecular complexity index is 565. The van der Waals surface area contributed by atoms with Gasteiger partial charge in [0, 0.05) is 6.92 Å². The molecule has 0 aliphatic carbocycles. The Labute approximate surface area is 132 Å². The Morgan fingerprint density at radius 3 is 2.65 bits per heavy atom. The molecule has 23 heavy (non-hydrogen) atoms. The summed E-state index contributed by atoms with van der Waals surface area (Å²) in [5.74, 6) is -0.257. The lowest BCUT2D eigenvalue weighted by Gasteiger charge is -2.42. The van der Waals surface area contributed by atoms with E-state index in [4.69, 9.17) is 9.47 Å². The number of carbonyl (C=O) groups is 2. The average Bonchev–Trinajstić information content (AvgIpc) is 2.54. The molecule has 0 saturated carbocycles. The molecule has 1 aromatic carbocycles. The molecule has 8 heteroatoms. The number of benzene rings is 1. The summed E-state index contributed by atoms with van der Waals surface area (Å²) in [5.41, 5.74) is 0.263. The molecule has 1 saturated heterocycles. The molecule has 2 rings (SSSR count). The normalized spacial score (nSPS) is 30.5. The van der Waals surface area contributed by atoms with E-state index in [2.05, 4.69) is 5.32 Å². The lowest BCUT2D eigenvalue weighted by molar-refractivity contribution is -0.244. The van der Waals surface area contributed by atoms with Gasteiger partial charge in [-0.3, -0.25) is 9.59 Å². The third kappa shape index (κ3) is 3.85. The molecule has 5 atom stereocenters. The Morgan fingerprint density at radius 1 is 1.35 bits per heavy atom. The van der Waals surface area contributed by atoms with Crippen molar-refractivity contribution >= 4 is 12.2 Å². The van der Waals surface area contributed by atoms with Crippen molar-refractivity contribution in [2.45, 2.75) is 37.6 Å². The largest absolute Gasteiger partial charge is 0.462 e. The van der Waals surface area contributed by atoms with Crippen molar-refractivity contribution in [3.63, 3.8) is 0 Å². The van der Waals surface area contributed by atoms with Gasteiger partial charge in [-0.05, 0) is 12.1 Å². The highest BCUT2D eigenvalue weighted by molar-refractivity contribution is 5.79. The monoisotopic (exact) mass is 325 g/mol. The van der Waals surface area contributed by atoms with Crippen LogP contribution in [0.25, 0.3) is 0 Å². The first kappa shape index (κ1) is 17.4. The van der Waals surface area contributed by atoms with Gasteiger partial charge in [-0.1, -0.05) is 12.1 Å². The number of amides is 1. The number of rotatable bonds is 5. The quantitative estimate of drug-likeness (QED) is 0.502. The highest BCUT2D eigenvalue weighted by atomic mass is 16.7. The summed E-state index contributed by atoms with van der Waals surface area (Å²) in [6.07, 6.45) is -4.46. The van der Waals surface area contributed by atoms with Crippen molar-refractivity contribution in [3.05, 3.63) is 29.8 Å². The van der Waals surface area contributed by atoms with Crippen molar-refractivity contribution in [2.75, 3.05) is 6.61 Å². The van der Waals surface area contributed by atoms with Crippen molar-refractivity contribution in [1.82, 2.24) is 5.32 Å². The summed E-state index contributed by atoms with van der Waals surface area (Å²) in [6.45, 7) is 0.702. The third-order valence-electron chi connectivity index (χ3n) is 3.54. The molecule has 8 nitrogen and oxygen atoms in total. The molecular formula is C15H19NO7. The van der Waals surface area contributed by atoms with Crippen molar-refractivity contribution in [1.29, 1.82) is 0 Å². The van der Waals surface area contributed by atoms with Crippen molar-refractivity contribution in [3.8, 4) is 5.75 Å². The van der Waals surface area contributed by atoms with Crippen LogP contribution in [-0.4, -0.2) is 64.8 Å². The van der Waals surface area contributed by atoms with E-state index in [1.165, 1.54) is 19.1 Å². The highest BCUT2D eigenvalue weighted by Crippen LogP contribution is 2.26. The highest BCUT2D eigenvalue weighted by Gasteiger charge is 2.46. The van der Waals surface area contributed by atoms with Gasteiger partial charge >= 0.3 is 0 Å². The predicted octanol–water partition coefficient (Wildman–Crippen LogP) is -1.18. The van der Waals surface area contributed by atoms with Gasteiger partial charge in [-0.2, -0.15) is 0 Å². The van der Waals surface area contributed by atoms with E-state index in [1.807, 2.05) is 0 Å². The van der Waals surface area contributed by atoms with Gasteiger partial charge in [0.05, 0.1) is 12.2 Å². The fourth-order valence-electron chi connectivity index (χ4n) is 2.38. The fraction of sp³-hybridized carbons (Fsp3) is 0.467. The Morgan fingerprint density at radius 2 is 2.04 bits per heavy atom. The number of hydrogen-bond acceptors (Lipinski definition) is 7. The predicted molar refractivity (Wildman–Crippen MR) is 77.8 cm³/mol. The second-order valence-corrected chi connectivity index (χ2v) is 5.21. The zero-order valence-corrected chi connectivity index (χ0v) is 12.5. The second kappa shape index (κ2) is 7.51. The van der Waals surface area contributed by atoms with Gasteiger partial charge in [0.15, 0.2) is 6.29 Å². The molecular weight excluding hydrogens is 306 g/mol. The van der Waals surface area contributed by atoms with E-state index in [1.54, 1.807) is 12.1 Å². The van der Waals surface area contributed by atoms with E-state index in [0.717, 1.165) is 0 Å². The lowest BCUT2D eigenvalue weighted by atomic mass is 9.97. The maximum absolute atomic E-state index is 11.3. The number of hydrogen-bond donors (Lipinski definition) is 4. The van der Waals surface area contributed by atoms with Gasteiger partial charge in [0.1, 0.15) is 30.1 Å². The Balaban J connectivity index is 2.27. The molecule has 0 aromatic heterocycles. The van der Waals surface area contributed by atoms with Gasteiger partial charge in [-0.15, -0.1) is 0 Å². The van der Waals surface area contributed by atoms with Crippen LogP contribution < -0.4 is 10.1 Å². The molecule has 1 heterocycles. The maximum Gasteiger partial charge on any atom is 0.223 e. The van der Waals surface area contributed by atoms with Crippen molar-refractivity contribution in [2.24, 2.45) is 0 Å². The van der Waals surface area contributed by atoms with Crippen LogP contribution in [0.5, 0.6) is 5.75 Å². The van der Waals surface area contributed by atoms with Crippen LogP contribution in [0, 0.1) is 0 Å². The van der Waals surface area contributed by atoms with Crippen LogP contribution in [-0.2, 0) is 9.53 Å². The second-order valence-electron chi connectivity index (χ2n) is 5.21. The average molecular weight is 325 g/mol. The van der Waals surface area contributed by atoms with Crippen LogP contribution in [0.4, 0.5) is 0 Å². The van der Waals surface area contributed by atoms with Gasteiger partial charge in [0.25, 0.3) is 0 Å². The first-order valence-corrected chi connectivity index (χ1v) is 7.08. The SMILES string of the molecule is CC(=O)N[C@H]1[C@@H](Oc2ccccc2C=O)O[C@H](CO)[C@H](O)[C@@H]1O. The molecule has 0 unspecified atom stereocenters. The summed E-state index contributed by atoms with van der Waals surface area (Å²) >= 11 is 0. The van der Waals surface area contributed by atoms with Crippen LogP contribution in [0.15, 0.2) is 24.3 Å². The van der Waals surface area contributed by atoms with Crippen LogP contribution in [0.2, 0.25) is 0 Å². The van der Waals surface area contributed by atoms with E-state index < -0.39 is 43.2 Å². The number of nitrogens with one attached hydrogen (secondary N) is 1. The summed E-state index contributed by atoms with van der Waals surface area (Å²) in [4.78, 5) is 22.4. The summed E-state index contributed by atoms with van der Waals surface area (Å²) in [7, 11) is 0. The molecule has 1 aliphatic rings. The third-order valence-corrected chi connectivity index (χ3v) is 3.54. The van der Waals surface area contributed by atoms with Crippen molar-refractivity contribution < 1.29 is 34.4 Å². The zero-order chi connectivity index (χ0) is 17.0. The molecule has 1 fully saturated rings. The number of ether oxygens (including phenoxy) is 2. The zero-order valence-electron chi connectivity index (χ0n) is 12.5. The maximum atomic E-state index is 11.3. The Kier molecular flexibility index (Phi) is 5.67. The molecule has 1 amide bonds. The van der Waals surface area contributed by atoms with E-state index in [9.17, 15) is 24.9 Å². The molecule has 1 aromatic rings. The number of carbonyl (C=O) groups excluding carboxylic acids is 2. The van der Waals surface area contributed by atoms with Gasteiger partial charge < -0.3 is 30.1 Å². The van der Waals surface area contributed by atoms with Gasteiger partial charge in [-0.25, -0.2) is 0 Å². The minimum Gasteiger partial charge on any atom is -0.462 e. The summed E-state index contributed by atoms with van der Waals surface area (Å²) in [6, 6.07) is 5.30. The van der Waals surface area contributed by atoms with Crippen LogP contribution >= 0.6 is 0 Å². The number of aldehydes is 1. The molecule has 126 valence electrons. The molecule has 0 bridgehead atoms. The number of para-hydroxylation sites is 1. The summed E-state index contributed by atoms with van der Waals surface area (Å²) < 4.78 is 11.0. The molecule has 4 N–H and O–H groups in total. The molecule has 0 radical (unpaired) electrons. The van der Waals surface area contributed by atoms with Gasteiger partial charge in [0.2, 0.25) is 12.2 Å². The first-order valence-electron chi connectivity index (χ1n) is 7.08. The number of aliphatic hydroxyl groups excluding tert-OH is 3. The number of aliphatic hydroxyl groups is 3. The van der Waals surface area contributed by atoms with E-state index in [0.29, 0.717) is 6.29 Å². The van der Waals surface area contributed by atoms with E-state index in [-0.39, 0.29) is 11.3 Å². The molecule has 0 spiro atoms. The van der Waals surface area contributed by atoms with Crippen LogP contribution in [0.3, 0.4) is 0 Å². The Hall–Kier alpha value is -2.00. The fourth-order valence-corrected chi connectivity index (χ4v) is 2.38. The minimum atomic E-state index is -1.40. The smallest absolute Gasteiger partial charge is 0.223 e. The topological polar surface area (TPSA) is 125 Å². The molecule has 1 aliphatic heterocycles.